The fourth-order valence-corrected chi connectivity index (χ4v) is 3.79. The summed E-state index contributed by atoms with van der Waals surface area (Å²) in [5.41, 5.74) is 2.81. The van der Waals surface area contributed by atoms with E-state index in [9.17, 15) is 15.0 Å². The van der Waals surface area contributed by atoms with Gasteiger partial charge in [0, 0.05) is 34.8 Å². The second-order valence-electron chi connectivity index (χ2n) is 7.82. The first kappa shape index (κ1) is 17.0. The van der Waals surface area contributed by atoms with Crippen LogP contribution in [-0.4, -0.2) is 52.3 Å². The van der Waals surface area contributed by atoms with Gasteiger partial charge in [-0.15, -0.1) is 0 Å². The third-order valence-corrected chi connectivity index (χ3v) is 5.84. The molecule has 1 aromatic heterocycles. The Labute approximate surface area is 142 Å². The van der Waals surface area contributed by atoms with Gasteiger partial charge in [-0.25, -0.2) is 0 Å². The van der Waals surface area contributed by atoms with Crippen molar-refractivity contribution < 1.29 is 15.0 Å². The molecule has 130 valence electrons. The fourth-order valence-electron chi connectivity index (χ4n) is 3.79. The van der Waals surface area contributed by atoms with Crippen LogP contribution in [0.3, 0.4) is 0 Å². The Morgan fingerprint density at radius 1 is 1.12 bits per heavy atom. The van der Waals surface area contributed by atoms with Crippen molar-refractivity contribution in [1.29, 1.82) is 0 Å². The summed E-state index contributed by atoms with van der Waals surface area (Å²) in [4.78, 5) is 17.9. The second kappa shape index (κ2) is 5.60. The number of aliphatic hydroxyl groups is 2. The molecule has 2 aromatic rings. The van der Waals surface area contributed by atoms with Crippen LogP contribution in [-0.2, 0) is 0 Å². The zero-order valence-electron chi connectivity index (χ0n) is 14.8. The minimum atomic E-state index is -0.504. The number of carbonyl (C=O) groups is 1. The molecule has 1 aromatic carbocycles. The maximum absolute atomic E-state index is 13.0. The van der Waals surface area contributed by atoms with Gasteiger partial charge in [0.2, 0.25) is 0 Å². The standard InChI is InChI=1S/C19H26N2O3/c1-12-5-13(2)14-7-16(20-15(14)6-12)17(24)21-8-18(3,10-22)19(4,9-21)11-23/h5-7,20,22-23H,8-11H2,1-4H3/t18-,19+. The molecule has 0 unspecified atom stereocenters. The fraction of sp³-hybridized carbons (Fsp3) is 0.526. The van der Waals surface area contributed by atoms with Crippen LogP contribution in [0.25, 0.3) is 10.9 Å². The van der Waals surface area contributed by atoms with Crippen LogP contribution < -0.4 is 0 Å². The molecule has 1 saturated heterocycles. The van der Waals surface area contributed by atoms with Gasteiger partial charge >= 0.3 is 0 Å². The molecule has 2 heterocycles. The number of rotatable bonds is 3. The van der Waals surface area contributed by atoms with Crippen LogP contribution in [0, 0.1) is 24.7 Å². The van der Waals surface area contributed by atoms with Crippen molar-refractivity contribution in [1.82, 2.24) is 9.88 Å². The van der Waals surface area contributed by atoms with Crippen molar-refractivity contribution in [3.05, 3.63) is 35.0 Å². The third-order valence-electron chi connectivity index (χ3n) is 5.84. The minimum Gasteiger partial charge on any atom is -0.396 e. The number of benzene rings is 1. The summed E-state index contributed by atoms with van der Waals surface area (Å²) < 4.78 is 0. The van der Waals surface area contributed by atoms with E-state index in [0.717, 1.165) is 22.0 Å². The molecule has 3 rings (SSSR count). The van der Waals surface area contributed by atoms with Gasteiger partial charge < -0.3 is 20.1 Å². The molecule has 3 N–H and O–H groups in total. The number of fused-ring (bicyclic) bond motifs is 1. The van der Waals surface area contributed by atoms with Gasteiger partial charge in [0.15, 0.2) is 0 Å². The Morgan fingerprint density at radius 3 is 2.25 bits per heavy atom. The molecular formula is C19H26N2O3. The Morgan fingerprint density at radius 2 is 1.71 bits per heavy atom. The van der Waals surface area contributed by atoms with Crippen LogP contribution >= 0.6 is 0 Å². The normalized spacial score (nSPS) is 27.2. The highest BCUT2D eigenvalue weighted by Gasteiger charge is 2.52. The number of carbonyl (C=O) groups excluding carboxylic acids is 1. The SMILES string of the molecule is Cc1cc(C)c2cc(C(=O)N3C[C@](C)(CO)[C@](C)(CO)C3)[nH]c2c1. The molecule has 0 aliphatic carbocycles. The predicted molar refractivity (Wildman–Crippen MR) is 94.1 cm³/mol. The van der Waals surface area contributed by atoms with Crippen molar-refractivity contribution in [2.75, 3.05) is 26.3 Å². The molecule has 0 bridgehead atoms. The lowest BCUT2D eigenvalue weighted by Crippen LogP contribution is -2.41. The summed E-state index contributed by atoms with van der Waals surface area (Å²) in [6.07, 6.45) is 0. The average molecular weight is 330 g/mol. The zero-order valence-corrected chi connectivity index (χ0v) is 14.8. The van der Waals surface area contributed by atoms with Crippen LogP contribution in [0.2, 0.25) is 0 Å². The smallest absolute Gasteiger partial charge is 0.270 e. The lowest BCUT2D eigenvalue weighted by Gasteiger charge is -2.36. The van der Waals surface area contributed by atoms with Crippen LogP contribution in [0.5, 0.6) is 0 Å². The summed E-state index contributed by atoms with van der Waals surface area (Å²) in [6, 6.07) is 6.04. The lowest BCUT2D eigenvalue weighted by atomic mass is 9.69. The van der Waals surface area contributed by atoms with Crippen LogP contribution in [0.4, 0.5) is 0 Å². The molecule has 1 aliphatic heterocycles. The number of aliphatic hydroxyl groups excluding tert-OH is 2. The van der Waals surface area contributed by atoms with E-state index in [0.29, 0.717) is 18.8 Å². The second-order valence-corrected chi connectivity index (χ2v) is 7.82. The maximum atomic E-state index is 13.0. The quantitative estimate of drug-likeness (QED) is 0.808. The summed E-state index contributed by atoms with van der Waals surface area (Å²) in [5, 5.41) is 20.6. The number of aromatic nitrogens is 1. The summed E-state index contributed by atoms with van der Waals surface area (Å²) >= 11 is 0. The van der Waals surface area contributed by atoms with Crippen molar-refractivity contribution in [2.45, 2.75) is 27.7 Å². The highest BCUT2D eigenvalue weighted by Crippen LogP contribution is 2.45. The molecule has 0 spiro atoms. The highest BCUT2D eigenvalue weighted by atomic mass is 16.3. The number of nitrogens with zero attached hydrogens (tertiary/aromatic N) is 1. The Bertz CT molecular complexity index is 779. The first-order valence-electron chi connectivity index (χ1n) is 8.34. The van der Waals surface area contributed by atoms with Gasteiger partial charge in [-0.1, -0.05) is 19.9 Å². The van der Waals surface area contributed by atoms with E-state index >= 15 is 0 Å². The summed E-state index contributed by atoms with van der Waals surface area (Å²) in [7, 11) is 0. The van der Waals surface area contributed by atoms with Gasteiger partial charge in [-0.05, 0) is 37.1 Å². The Kier molecular flexibility index (Phi) is 3.97. The topological polar surface area (TPSA) is 76.6 Å². The molecule has 0 radical (unpaired) electrons. The Hall–Kier alpha value is -1.85. The van der Waals surface area contributed by atoms with Crippen molar-refractivity contribution in [3.8, 4) is 0 Å². The predicted octanol–water partition coefficient (Wildman–Crippen LogP) is 2.24. The lowest BCUT2D eigenvalue weighted by molar-refractivity contribution is 0.00976. The van der Waals surface area contributed by atoms with Crippen molar-refractivity contribution >= 4 is 16.8 Å². The van der Waals surface area contributed by atoms with E-state index in [1.807, 2.05) is 39.8 Å². The monoisotopic (exact) mass is 330 g/mol. The van der Waals surface area contributed by atoms with Gasteiger partial charge in [0.05, 0.1) is 13.2 Å². The largest absolute Gasteiger partial charge is 0.396 e. The molecular weight excluding hydrogens is 304 g/mol. The molecule has 1 aliphatic rings. The van der Waals surface area contributed by atoms with Gasteiger partial charge in [0.25, 0.3) is 5.91 Å². The van der Waals surface area contributed by atoms with E-state index in [2.05, 4.69) is 11.1 Å². The molecule has 0 saturated carbocycles. The van der Waals surface area contributed by atoms with Crippen LogP contribution in [0.1, 0.15) is 35.5 Å². The van der Waals surface area contributed by atoms with Crippen molar-refractivity contribution in [2.24, 2.45) is 10.8 Å². The maximum Gasteiger partial charge on any atom is 0.270 e. The first-order chi connectivity index (χ1) is 11.2. The number of likely N-dealkylation sites (tertiary alicyclic amines) is 1. The van der Waals surface area contributed by atoms with Gasteiger partial charge in [-0.2, -0.15) is 0 Å². The number of nitrogens with one attached hydrogen (secondary N) is 1. The molecule has 24 heavy (non-hydrogen) atoms. The Balaban J connectivity index is 1.94. The molecule has 1 fully saturated rings. The minimum absolute atomic E-state index is 0.0567. The number of H-pyrrole nitrogens is 1. The molecule has 5 heteroatoms. The zero-order chi connectivity index (χ0) is 17.7. The van der Waals surface area contributed by atoms with E-state index in [4.69, 9.17) is 0 Å². The third kappa shape index (κ3) is 2.43. The van der Waals surface area contributed by atoms with E-state index in [-0.39, 0.29) is 19.1 Å². The molecule has 2 atom stereocenters. The molecule has 1 amide bonds. The number of aromatic amines is 1. The number of amides is 1. The summed E-state index contributed by atoms with van der Waals surface area (Å²) in [6.45, 7) is 8.69. The first-order valence-corrected chi connectivity index (χ1v) is 8.34. The van der Waals surface area contributed by atoms with Crippen LogP contribution in [0.15, 0.2) is 18.2 Å². The van der Waals surface area contributed by atoms with E-state index in [1.54, 1.807) is 4.90 Å². The highest BCUT2D eigenvalue weighted by molar-refractivity contribution is 5.99. The molecule has 5 nitrogen and oxygen atoms in total. The number of hydrogen-bond acceptors (Lipinski definition) is 3. The van der Waals surface area contributed by atoms with Gasteiger partial charge in [-0.3, -0.25) is 4.79 Å². The van der Waals surface area contributed by atoms with Crippen molar-refractivity contribution in [3.63, 3.8) is 0 Å². The summed E-state index contributed by atoms with van der Waals surface area (Å²) in [5.74, 6) is -0.0832. The average Bonchev–Trinajstić information content (AvgIpc) is 3.07. The van der Waals surface area contributed by atoms with E-state index < -0.39 is 10.8 Å². The van der Waals surface area contributed by atoms with E-state index in [1.165, 1.54) is 0 Å². The number of aryl methyl sites for hydroxylation is 2. The van der Waals surface area contributed by atoms with Gasteiger partial charge in [0.1, 0.15) is 5.69 Å². The number of hydrogen-bond donors (Lipinski definition) is 3.